The third-order valence-corrected chi connectivity index (χ3v) is 2.85. The van der Waals surface area contributed by atoms with E-state index in [0.29, 0.717) is 6.61 Å². The SMILES string of the molecule is COCCNC(=O)NC(=O)COC(=O)CNC(=O)Cc1ccccc1. The minimum Gasteiger partial charge on any atom is -0.454 e. The number of carbonyl (C=O) groups excluding carboxylic acids is 4. The molecule has 0 unspecified atom stereocenters. The highest BCUT2D eigenvalue weighted by Crippen LogP contribution is 1.98. The molecule has 1 aromatic carbocycles. The van der Waals surface area contributed by atoms with Crippen LogP contribution in [0.4, 0.5) is 4.79 Å². The number of methoxy groups -OCH3 is 1. The molecule has 9 heteroatoms. The van der Waals surface area contributed by atoms with Gasteiger partial charge >= 0.3 is 12.0 Å². The van der Waals surface area contributed by atoms with Crippen LogP contribution in [0.5, 0.6) is 0 Å². The molecule has 3 N–H and O–H groups in total. The third kappa shape index (κ3) is 9.72. The van der Waals surface area contributed by atoms with Gasteiger partial charge in [-0.2, -0.15) is 0 Å². The highest BCUT2D eigenvalue weighted by molar-refractivity contribution is 5.95. The largest absolute Gasteiger partial charge is 0.454 e. The van der Waals surface area contributed by atoms with E-state index in [-0.39, 0.29) is 25.4 Å². The van der Waals surface area contributed by atoms with Gasteiger partial charge in [0, 0.05) is 13.7 Å². The Hall–Kier alpha value is -2.94. The van der Waals surface area contributed by atoms with Crippen molar-refractivity contribution in [3.63, 3.8) is 0 Å². The van der Waals surface area contributed by atoms with Crippen molar-refractivity contribution in [2.24, 2.45) is 0 Å². The molecule has 136 valence electrons. The van der Waals surface area contributed by atoms with E-state index in [2.05, 4.69) is 15.4 Å². The first kappa shape index (κ1) is 20.1. The van der Waals surface area contributed by atoms with E-state index < -0.39 is 24.5 Å². The van der Waals surface area contributed by atoms with Crippen LogP contribution >= 0.6 is 0 Å². The van der Waals surface area contributed by atoms with Gasteiger partial charge in [0.1, 0.15) is 6.54 Å². The van der Waals surface area contributed by atoms with Crippen molar-refractivity contribution >= 4 is 23.8 Å². The maximum absolute atomic E-state index is 11.7. The van der Waals surface area contributed by atoms with Crippen LogP contribution in [0.3, 0.4) is 0 Å². The Balaban J connectivity index is 2.16. The van der Waals surface area contributed by atoms with Gasteiger partial charge in [-0.1, -0.05) is 30.3 Å². The summed E-state index contributed by atoms with van der Waals surface area (Å²) in [4.78, 5) is 45.8. The summed E-state index contributed by atoms with van der Waals surface area (Å²) in [5.41, 5.74) is 0.812. The second kappa shape index (κ2) is 11.6. The lowest BCUT2D eigenvalue weighted by molar-refractivity contribution is -0.148. The minimum atomic E-state index is -0.781. The normalized spacial score (nSPS) is 9.80. The quantitative estimate of drug-likeness (QED) is 0.402. The Morgan fingerprint density at radius 2 is 1.72 bits per heavy atom. The van der Waals surface area contributed by atoms with Gasteiger partial charge in [0.15, 0.2) is 6.61 Å². The van der Waals surface area contributed by atoms with E-state index in [0.717, 1.165) is 5.56 Å². The molecule has 1 rings (SSSR count). The zero-order valence-electron chi connectivity index (χ0n) is 13.9. The highest BCUT2D eigenvalue weighted by Gasteiger charge is 2.11. The van der Waals surface area contributed by atoms with E-state index in [1.165, 1.54) is 7.11 Å². The fourth-order valence-corrected chi connectivity index (χ4v) is 1.69. The lowest BCUT2D eigenvalue weighted by Crippen LogP contribution is -2.43. The standard InChI is InChI=1S/C16H21N3O6/c1-24-8-7-17-16(23)19-14(21)11-25-15(22)10-18-13(20)9-12-5-3-2-4-6-12/h2-6H,7-11H2,1H3,(H,18,20)(H2,17,19,21,23). The first-order valence-electron chi connectivity index (χ1n) is 7.54. The summed E-state index contributed by atoms with van der Waals surface area (Å²) in [6.45, 7) is -0.438. The van der Waals surface area contributed by atoms with Gasteiger partial charge in [0.2, 0.25) is 5.91 Å². The average molecular weight is 351 g/mol. The van der Waals surface area contributed by atoms with Crippen LogP contribution in [0.2, 0.25) is 0 Å². The monoisotopic (exact) mass is 351 g/mol. The van der Waals surface area contributed by atoms with Crippen LogP contribution in [-0.4, -0.2) is 57.2 Å². The van der Waals surface area contributed by atoms with Gasteiger partial charge in [-0.15, -0.1) is 0 Å². The summed E-state index contributed by atoms with van der Waals surface area (Å²) in [7, 11) is 1.48. The summed E-state index contributed by atoms with van der Waals surface area (Å²) in [6, 6.07) is 8.32. The second-order valence-corrected chi connectivity index (χ2v) is 4.90. The maximum atomic E-state index is 11.7. The smallest absolute Gasteiger partial charge is 0.325 e. The summed E-state index contributed by atoms with van der Waals surface area (Å²) in [6.07, 6.45) is 0.135. The molecular weight excluding hydrogens is 330 g/mol. The van der Waals surface area contributed by atoms with E-state index in [1.54, 1.807) is 24.3 Å². The summed E-state index contributed by atoms with van der Waals surface area (Å²) >= 11 is 0. The Bertz CT molecular complexity index is 591. The topological polar surface area (TPSA) is 123 Å². The van der Waals surface area contributed by atoms with Gasteiger partial charge in [-0.25, -0.2) is 4.79 Å². The third-order valence-electron chi connectivity index (χ3n) is 2.85. The molecule has 0 aliphatic heterocycles. The molecule has 0 bridgehead atoms. The molecule has 25 heavy (non-hydrogen) atoms. The predicted molar refractivity (Wildman–Crippen MR) is 87.5 cm³/mol. The van der Waals surface area contributed by atoms with Crippen molar-refractivity contribution in [1.29, 1.82) is 0 Å². The minimum absolute atomic E-state index is 0.135. The van der Waals surface area contributed by atoms with Crippen molar-refractivity contribution in [2.75, 3.05) is 33.4 Å². The number of nitrogens with one attached hydrogen (secondary N) is 3. The molecule has 0 aromatic heterocycles. The van der Waals surface area contributed by atoms with Gasteiger partial charge in [-0.05, 0) is 5.56 Å². The zero-order valence-corrected chi connectivity index (χ0v) is 13.9. The van der Waals surface area contributed by atoms with Crippen molar-refractivity contribution in [2.45, 2.75) is 6.42 Å². The van der Waals surface area contributed by atoms with Crippen LogP contribution in [0, 0.1) is 0 Å². The number of amides is 4. The van der Waals surface area contributed by atoms with E-state index >= 15 is 0 Å². The fraction of sp³-hybridized carbons (Fsp3) is 0.375. The molecule has 0 saturated carbocycles. The lowest BCUT2D eigenvalue weighted by Gasteiger charge is -2.08. The number of imide groups is 1. The van der Waals surface area contributed by atoms with Crippen molar-refractivity contribution in [1.82, 2.24) is 16.0 Å². The highest BCUT2D eigenvalue weighted by atomic mass is 16.5. The van der Waals surface area contributed by atoms with Crippen LogP contribution in [0.1, 0.15) is 5.56 Å². The lowest BCUT2D eigenvalue weighted by atomic mass is 10.1. The van der Waals surface area contributed by atoms with E-state index in [9.17, 15) is 19.2 Å². The van der Waals surface area contributed by atoms with Gasteiger partial charge in [-0.3, -0.25) is 19.7 Å². The molecule has 0 spiro atoms. The van der Waals surface area contributed by atoms with E-state index in [4.69, 9.17) is 4.74 Å². The number of ether oxygens (including phenoxy) is 2. The summed E-state index contributed by atoms with van der Waals surface area (Å²) < 4.78 is 9.39. The maximum Gasteiger partial charge on any atom is 0.325 e. The Kier molecular flexibility index (Phi) is 9.31. The Labute approximate surface area is 145 Å². The molecule has 0 saturated heterocycles. The summed E-state index contributed by atoms with van der Waals surface area (Å²) in [5.74, 6) is -1.90. The number of rotatable bonds is 9. The van der Waals surface area contributed by atoms with Crippen molar-refractivity contribution < 1.29 is 28.7 Å². The van der Waals surface area contributed by atoms with Crippen LogP contribution in [0.15, 0.2) is 30.3 Å². The Morgan fingerprint density at radius 3 is 2.40 bits per heavy atom. The number of hydrogen-bond acceptors (Lipinski definition) is 6. The van der Waals surface area contributed by atoms with Crippen LogP contribution < -0.4 is 16.0 Å². The predicted octanol–water partition coefficient (Wildman–Crippen LogP) is -0.639. The average Bonchev–Trinajstić information content (AvgIpc) is 2.59. The van der Waals surface area contributed by atoms with Crippen molar-refractivity contribution in [3.05, 3.63) is 35.9 Å². The first-order valence-corrected chi connectivity index (χ1v) is 7.54. The molecule has 1 aromatic rings. The number of carbonyl (C=O) groups is 4. The zero-order chi connectivity index (χ0) is 18.5. The van der Waals surface area contributed by atoms with Gasteiger partial charge in [0.25, 0.3) is 5.91 Å². The van der Waals surface area contributed by atoms with Crippen molar-refractivity contribution in [3.8, 4) is 0 Å². The molecular formula is C16H21N3O6. The second-order valence-electron chi connectivity index (χ2n) is 4.90. The Morgan fingerprint density at radius 1 is 1.00 bits per heavy atom. The number of benzene rings is 1. The molecule has 0 atom stereocenters. The molecule has 9 nitrogen and oxygen atoms in total. The molecule has 0 aliphatic carbocycles. The number of hydrogen-bond donors (Lipinski definition) is 3. The molecule has 0 aliphatic rings. The van der Waals surface area contributed by atoms with E-state index in [1.807, 2.05) is 11.4 Å². The van der Waals surface area contributed by atoms with Gasteiger partial charge in [0.05, 0.1) is 13.0 Å². The van der Waals surface area contributed by atoms with Gasteiger partial charge < -0.3 is 20.1 Å². The molecule has 0 radical (unpaired) electrons. The van der Waals surface area contributed by atoms with Crippen LogP contribution in [0.25, 0.3) is 0 Å². The number of urea groups is 1. The number of esters is 1. The fourth-order valence-electron chi connectivity index (χ4n) is 1.69. The molecule has 0 fully saturated rings. The summed E-state index contributed by atoms with van der Waals surface area (Å²) in [5, 5.41) is 6.75. The first-order chi connectivity index (χ1) is 12.0. The van der Waals surface area contributed by atoms with Crippen LogP contribution in [-0.2, 0) is 30.3 Å². The molecule has 0 heterocycles. The molecule has 4 amide bonds.